The number of halogens is 1. The van der Waals surface area contributed by atoms with Crippen LogP contribution in [0.5, 0.6) is 0 Å². The lowest BCUT2D eigenvalue weighted by molar-refractivity contribution is -0.111. The highest BCUT2D eigenvalue weighted by molar-refractivity contribution is 7.18. The van der Waals surface area contributed by atoms with E-state index in [1.165, 1.54) is 17.4 Å². The Balaban J connectivity index is 2.18. The number of hydrogen-bond acceptors (Lipinski definition) is 4. The van der Waals surface area contributed by atoms with E-state index in [0.29, 0.717) is 15.2 Å². The van der Waals surface area contributed by atoms with Crippen molar-refractivity contribution in [2.24, 2.45) is 0 Å². The average molecular weight is 280 g/mol. The van der Waals surface area contributed by atoms with Crippen LogP contribution < -0.4 is 5.32 Å². The van der Waals surface area contributed by atoms with Gasteiger partial charge in [-0.15, -0.1) is 10.2 Å². The van der Waals surface area contributed by atoms with Crippen molar-refractivity contribution >= 4 is 34.0 Å². The molecule has 1 amide bonds. The van der Waals surface area contributed by atoms with Crippen molar-refractivity contribution in [2.45, 2.75) is 6.92 Å². The second-order valence-electron chi connectivity index (χ2n) is 3.41. The van der Waals surface area contributed by atoms with E-state index < -0.39 is 0 Å². The van der Waals surface area contributed by atoms with Crippen molar-refractivity contribution in [3.63, 3.8) is 0 Å². The van der Waals surface area contributed by atoms with Gasteiger partial charge in [0.25, 0.3) is 0 Å². The third-order valence-electron chi connectivity index (χ3n) is 2.04. The molecule has 0 radical (unpaired) electrons. The first-order chi connectivity index (χ1) is 8.69. The van der Waals surface area contributed by atoms with Gasteiger partial charge in [0.1, 0.15) is 5.01 Å². The Hall–Kier alpha value is -1.72. The summed E-state index contributed by atoms with van der Waals surface area (Å²) in [5.41, 5.74) is 0.881. The number of nitrogens with one attached hydrogen (secondary N) is 1. The van der Waals surface area contributed by atoms with Gasteiger partial charge in [0.2, 0.25) is 11.0 Å². The van der Waals surface area contributed by atoms with Gasteiger partial charge in [-0.3, -0.25) is 10.1 Å². The van der Waals surface area contributed by atoms with Crippen LogP contribution in [0.25, 0.3) is 10.6 Å². The monoisotopic (exact) mass is 279 g/mol. The molecule has 2 rings (SSSR count). The SMILES string of the molecule is C/C=C/C(=O)Nc1nnc(-c2cccc(Cl)c2)s1. The van der Waals surface area contributed by atoms with E-state index in [1.54, 1.807) is 25.1 Å². The summed E-state index contributed by atoms with van der Waals surface area (Å²) in [6.07, 6.45) is 3.09. The van der Waals surface area contributed by atoms with Crippen LogP contribution in [-0.2, 0) is 4.79 Å². The second-order valence-corrected chi connectivity index (χ2v) is 4.83. The molecular weight excluding hydrogens is 270 g/mol. The standard InChI is InChI=1S/C12H10ClN3OS/c1-2-4-10(17)14-12-16-15-11(18-12)8-5-3-6-9(13)7-8/h2-7H,1H3,(H,14,16,17)/b4-2+. The lowest BCUT2D eigenvalue weighted by Crippen LogP contribution is -2.07. The van der Waals surface area contributed by atoms with Crippen molar-refractivity contribution in [1.29, 1.82) is 0 Å². The fourth-order valence-electron chi connectivity index (χ4n) is 1.31. The number of benzene rings is 1. The van der Waals surface area contributed by atoms with E-state index in [0.717, 1.165) is 5.56 Å². The summed E-state index contributed by atoms with van der Waals surface area (Å²) in [4.78, 5) is 11.3. The van der Waals surface area contributed by atoms with Crippen molar-refractivity contribution in [2.75, 3.05) is 5.32 Å². The summed E-state index contributed by atoms with van der Waals surface area (Å²) in [5, 5.41) is 12.4. The van der Waals surface area contributed by atoms with Crippen LogP contribution in [0.15, 0.2) is 36.4 Å². The fraction of sp³-hybridized carbons (Fsp3) is 0.0833. The zero-order valence-electron chi connectivity index (χ0n) is 9.55. The molecule has 0 fully saturated rings. The highest BCUT2D eigenvalue weighted by Crippen LogP contribution is 2.27. The summed E-state index contributed by atoms with van der Waals surface area (Å²) in [7, 11) is 0. The lowest BCUT2D eigenvalue weighted by atomic mass is 10.2. The minimum atomic E-state index is -0.216. The van der Waals surface area contributed by atoms with E-state index in [1.807, 2.05) is 12.1 Å². The number of carbonyl (C=O) groups is 1. The van der Waals surface area contributed by atoms with Gasteiger partial charge in [-0.05, 0) is 25.1 Å². The van der Waals surface area contributed by atoms with Gasteiger partial charge in [0.15, 0.2) is 0 Å². The Kier molecular flexibility index (Phi) is 4.07. The maximum atomic E-state index is 11.3. The van der Waals surface area contributed by atoms with Crippen molar-refractivity contribution in [3.05, 3.63) is 41.4 Å². The molecule has 0 unspecified atom stereocenters. The summed E-state index contributed by atoms with van der Waals surface area (Å²) >= 11 is 7.21. The molecule has 4 nitrogen and oxygen atoms in total. The molecule has 0 aliphatic heterocycles. The molecule has 92 valence electrons. The highest BCUT2D eigenvalue weighted by atomic mass is 35.5. The van der Waals surface area contributed by atoms with Crippen LogP contribution in [0.2, 0.25) is 5.02 Å². The van der Waals surface area contributed by atoms with E-state index in [-0.39, 0.29) is 5.91 Å². The van der Waals surface area contributed by atoms with Gasteiger partial charge in [-0.2, -0.15) is 0 Å². The van der Waals surface area contributed by atoms with Gasteiger partial charge < -0.3 is 0 Å². The Morgan fingerprint density at radius 3 is 3.00 bits per heavy atom. The van der Waals surface area contributed by atoms with E-state index in [2.05, 4.69) is 15.5 Å². The molecule has 0 saturated carbocycles. The molecule has 0 aliphatic rings. The van der Waals surface area contributed by atoms with Crippen LogP contribution in [0.3, 0.4) is 0 Å². The number of rotatable bonds is 3. The van der Waals surface area contributed by atoms with E-state index >= 15 is 0 Å². The highest BCUT2D eigenvalue weighted by Gasteiger charge is 2.08. The van der Waals surface area contributed by atoms with Crippen LogP contribution in [-0.4, -0.2) is 16.1 Å². The van der Waals surface area contributed by atoms with Crippen LogP contribution in [0.1, 0.15) is 6.92 Å². The van der Waals surface area contributed by atoms with Crippen LogP contribution in [0, 0.1) is 0 Å². The quantitative estimate of drug-likeness (QED) is 0.877. The Morgan fingerprint density at radius 2 is 2.28 bits per heavy atom. The third-order valence-corrected chi connectivity index (χ3v) is 3.17. The molecule has 6 heteroatoms. The van der Waals surface area contributed by atoms with Gasteiger partial charge in [0.05, 0.1) is 0 Å². The average Bonchev–Trinajstić information content (AvgIpc) is 2.78. The molecule has 1 aromatic carbocycles. The predicted octanol–water partition coefficient (Wildman–Crippen LogP) is 3.37. The van der Waals surface area contributed by atoms with E-state index in [9.17, 15) is 4.79 Å². The molecule has 0 atom stereocenters. The zero-order valence-corrected chi connectivity index (χ0v) is 11.1. The van der Waals surface area contributed by atoms with Crippen LogP contribution >= 0.6 is 22.9 Å². The molecule has 0 saturated heterocycles. The molecule has 18 heavy (non-hydrogen) atoms. The number of nitrogens with zero attached hydrogens (tertiary/aromatic N) is 2. The van der Waals surface area contributed by atoms with Crippen LogP contribution in [0.4, 0.5) is 5.13 Å². The summed E-state index contributed by atoms with van der Waals surface area (Å²) in [6, 6.07) is 7.33. The van der Waals surface area contributed by atoms with Crippen molar-refractivity contribution in [3.8, 4) is 10.6 Å². The minimum Gasteiger partial charge on any atom is -0.297 e. The molecular formula is C12H10ClN3OS. The number of allylic oxidation sites excluding steroid dienone is 1. The first-order valence-electron chi connectivity index (χ1n) is 5.22. The minimum absolute atomic E-state index is 0.216. The van der Waals surface area contributed by atoms with Gasteiger partial charge in [-0.1, -0.05) is 41.1 Å². The van der Waals surface area contributed by atoms with Gasteiger partial charge >= 0.3 is 0 Å². The number of carbonyl (C=O) groups excluding carboxylic acids is 1. The number of aromatic nitrogens is 2. The second kappa shape index (κ2) is 5.75. The Bertz CT molecular complexity index is 595. The maximum absolute atomic E-state index is 11.3. The molecule has 0 spiro atoms. The maximum Gasteiger partial charge on any atom is 0.249 e. The normalized spacial score (nSPS) is 10.8. The largest absolute Gasteiger partial charge is 0.297 e. The molecule has 1 N–H and O–H groups in total. The molecule has 1 heterocycles. The molecule has 2 aromatic rings. The van der Waals surface area contributed by atoms with E-state index in [4.69, 9.17) is 11.6 Å². The first-order valence-corrected chi connectivity index (χ1v) is 6.41. The fourth-order valence-corrected chi connectivity index (χ4v) is 2.24. The van der Waals surface area contributed by atoms with Gasteiger partial charge in [0, 0.05) is 10.6 Å². The Labute approximate surface area is 113 Å². The zero-order chi connectivity index (χ0) is 13.0. The third kappa shape index (κ3) is 3.15. The van der Waals surface area contributed by atoms with Crippen molar-refractivity contribution in [1.82, 2.24) is 10.2 Å². The van der Waals surface area contributed by atoms with Gasteiger partial charge in [-0.25, -0.2) is 0 Å². The first kappa shape index (κ1) is 12.7. The Morgan fingerprint density at radius 1 is 1.44 bits per heavy atom. The molecule has 0 aliphatic carbocycles. The lowest BCUT2D eigenvalue weighted by Gasteiger charge is -1.95. The predicted molar refractivity (Wildman–Crippen MR) is 73.8 cm³/mol. The number of hydrogen-bond donors (Lipinski definition) is 1. The topological polar surface area (TPSA) is 54.9 Å². The smallest absolute Gasteiger partial charge is 0.249 e. The summed E-state index contributed by atoms with van der Waals surface area (Å²) < 4.78 is 0. The number of amides is 1. The molecule has 0 bridgehead atoms. The van der Waals surface area contributed by atoms with Crippen molar-refractivity contribution < 1.29 is 4.79 Å². The summed E-state index contributed by atoms with van der Waals surface area (Å²) in [6.45, 7) is 1.77. The molecule has 1 aromatic heterocycles. The number of anilines is 1. The summed E-state index contributed by atoms with van der Waals surface area (Å²) in [5.74, 6) is -0.216.